The van der Waals surface area contributed by atoms with E-state index in [1.165, 1.54) is 11.1 Å². The van der Waals surface area contributed by atoms with E-state index < -0.39 is 0 Å². The first-order chi connectivity index (χ1) is 8.63. The van der Waals surface area contributed by atoms with Gasteiger partial charge in [0.1, 0.15) is 5.75 Å². The van der Waals surface area contributed by atoms with Gasteiger partial charge in [0.25, 0.3) is 0 Å². The molecule has 3 N–H and O–H groups in total. The number of rotatable bonds is 3. The van der Waals surface area contributed by atoms with Crippen LogP contribution in [0.2, 0.25) is 0 Å². The Balaban J connectivity index is 2.30. The molecule has 1 aliphatic rings. The molecular weight excluding hydrogens is 228 g/mol. The quantitative estimate of drug-likeness (QED) is 0.849. The highest BCUT2D eigenvalue weighted by molar-refractivity contribution is 5.45. The van der Waals surface area contributed by atoms with Gasteiger partial charge in [-0.3, -0.25) is 0 Å². The lowest BCUT2D eigenvalue weighted by atomic mass is 9.93. The molecule has 1 aromatic rings. The molecule has 0 spiro atoms. The van der Waals surface area contributed by atoms with Crippen molar-refractivity contribution in [2.75, 3.05) is 26.9 Å². The van der Waals surface area contributed by atoms with Crippen molar-refractivity contribution in [1.82, 2.24) is 5.32 Å². The van der Waals surface area contributed by atoms with E-state index in [1.54, 1.807) is 7.11 Å². The van der Waals surface area contributed by atoms with Crippen molar-refractivity contribution in [3.8, 4) is 5.75 Å². The van der Waals surface area contributed by atoms with Crippen LogP contribution in [0, 0.1) is 13.8 Å². The predicted octanol–water partition coefficient (Wildman–Crippen LogP) is 1.30. The van der Waals surface area contributed by atoms with Gasteiger partial charge in [-0.1, -0.05) is 6.07 Å². The predicted molar refractivity (Wildman–Crippen MR) is 72.0 cm³/mol. The topological polar surface area (TPSA) is 56.5 Å². The summed E-state index contributed by atoms with van der Waals surface area (Å²) in [7, 11) is 1.69. The Kier molecular flexibility index (Phi) is 4.22. The van der Waals surface area contributed by atoms with Crippen molar-refractivity contribution < 1.29 is 9.47 Å². The first kappa shape index (κ1) is 13.3. The monoisotopic (exact) mass is 250 g/mol. The van der Waals surface area contributed by atoms with E-state index in [0.29, 0.717) is 6.61 Å². The van der Waals surface area contributed by atoms with E-state index in [1.807, 2.05) is 6.07 Å². The lowest BCUT2D eigenvalue weighted by Gasteiger charge is -2.31. The van der Waals surface area contributed by atoms with Crippen molar-refractivity contribution in [2.45, 2.75) is 25.9 Å². The third-order valence-corrected chi connectivity index (χ3v) is 3.43. The summed E-state index contributed by atoms with van der Waals surface area (Å²) < 4.78 is 10.9. The average Bonchev–Trinajstić information content (AvgIpc) is 2.38. The van der Waals surface area contributed by atoms with Gasteiger partial charge in [-0.25, -0.2) is 0 Å². The van der Waals surface area contributed by atoms with Gasteiger partial charge in [0.05, 0.1) is 26.4 Å². The summed E-state index contributed by atoms with van der Waals surface area (Å²) in [6.07, 6.45) is 0. The summed E-state index contributed by atoms with van der Waals surface area (Å²) in [5.74, 6) is 0.868. The minimum absolute atomic E-state index is 0.110. The maximum Gasteiger partial charge on any atom is 0.124 e. The van der Waals surface area contributed by atoms with Gasteiger partial charge in [-0.15, -0.1) is 0 Å². The van der Waals surface area contributed by atoms with Gasteiger partial charge in [-0.2, -0.15) is 0 Å². The van der Waals surface area contributed by atoms with Gasteiger partial charge >= 0.3 is 0 Å². The normalized spacial score (nSPS) is 21.7. The van der Waals surface area contributed by atoms with E-state index in [0.717, 1.165) is 24.5 Å². The molecule has 0 radical (unpaired) electrons. The smallest absolute Gasteiger partial charge is 0.124 e. The Labute approximate surface area is 108 Å². The molecular formula is C14H22N2O2. The molecule has 18 heavy (non-hydrogen) atoms. The van der Waals surface area contributed by atoms with Crippen LogP contribution in [0.3, 0.4) is 0 Å². The summed E-state index contributed by atoms with van der Waals surface area (Å²) in [5.41, 5.74) is 9.81. The minimum atomic E-state index is -0.110. The zero-order valence-corrected chi connectivity index (χ0v) is 11.3. The van der Waals surface area contributed by atoms with Crippen LogP contribution in [0.4, 0.5) is 0 Å². The Bertz CT molecular complexity index is 415. The van der Waals surface area contributed by atoms with Crippen LogP contribution in [0.25, 0.3) is 0 Å². The Morgan fingerprint density at radius 2 is 2.22 bits per heavy atom. The van der Waals surface area contributed by atoms with Gasteiger partial charge in [-0.05, 0) is 31.0 Å². The minimum Gasteiger partial charge on any atom is -0.496 e. The van der Waals surface area contributed by atoms with Crippen LogP contribution in [-0.2, 0) is 4.74 Å². The molecule has 2 rings (SSSR count). The SMILES string of the molecule is COc1cc(C)cc(C)c1C(N)C1COCCN1. The summed E-state index contributed by atoms with van der Waals surface area (Å²) >= 11 is 0. The summed E-state index contributed by atoms with van der Waals surface area (Å²) in [5, 5.41) is 3.40. The molecule has 1 fully saturated rings. The highest BCUT2D eigenvalue weighted by Crippen LogP contribution is 2.30. The maximum atomic E-state index is 6.37. The molecule has 2 atom stereocenters. The highest BCUT2D eigenvalue weighted by atomic mass is 16.5. The number of hydrogen-bond donors (Lipinski definition) is 2. The van der Waals surface area contributed by atoms with E-state index in [9.17, 15) is 0 Å². The summed E-state index contributed by atoms with van der Waals surface area (Å²) in [6.45, 7) is 6.40. The van der Waals surface area contributed by atoms with E-state index in [4.69, 9.17) is 15.2 Å². The number of benzene rings is 1. The molecule has 0 saturated carbocycles. The Hall–Kier alpha value is -1.10. The fourth-order valence-corrected chi connectivity index (χ4v) is 2.55. The van der Waals surface area contributed by atoms with Crippen molar-refractivity contribution >= 4 is 0 Å². The molecule has 1 heterocycles. The molecule has 2 unspecified atom stereocenters. The number of ether oxygens (including phenoxy) is 2. The van der Waals surface area contributed by atoms with E-state index in [2.05, 4.69) is 25.2 Å². The van der Waals surface area contributed by atoms with Crippen LogP contribution < -0.4 is 15.8 Å². The second kappa shape index (κ2) is 5.69. The standard InChI is InChI=1S/C14H22N2O2/c1-9-6-10(2)13(12(7-9)17-3)14(15)11-8-18-5-4-16-11/h6-7,11,14,16H,4-5,8,15H2,1-3H3. The molecule has 1 aliphatic heterocycles. The first-order valence-electron chi connectivity index (χ1n) is 6.35. The number of hydrogen-bond acceptors (Lipinski definition) is 4. The molecule has 4 heteroatoms. The lowest BCUT2D eigenvalue weighted by Crippen LogP contribution is -2.48. The molecule has 1 aromatic carbocycles. The fraction of sp³-hybridized carbons (Fsp3) is 0.571. The number of nitrogens with one attached hydrogen (secondary N) is 1. The number of aryl methyl sites for hydroxylation is 2. The van der Waals surface area contributed by atoms with Crippen LogP contribution >= 0.6 is 0 Å². The van der Waals surface area contributed by atoms with Crippen molar-refractivity contribution in [3.63, 3.8) is 0 Å². The number of methoxy groups -OCH3 is 1. The van der Waals surface area contributed by atoms with Crippen LogP contribution in [0.1, 0.15) is 22.7 Å². The molecule has 0 amide bonds. The second-order valence-electron chi connectivity index (χ2n) is 4.86. The van der Waals surface area contributed by atoms with Crippen molar-refractivity contribution in [2.24, 2.45) is 5.73 Å². The third kappa shape index (κ3) is 2.66. The van der Waals surface area contributed by atoms with Crippen LogP contribution in [-0.4, -0.2) is 32.9 Å². The van der Waals surface area contributed by atoms with E-state index >= 15 is 0 Å². The van der Waals surface area contributed by atoms with Gasteiger partial charge in [0.2, 0.25) is 0 Å². The lowest BCUT2D eigenvalue weighted by molar-refractivity contribution is 0.0681. The van der Waals surface area contributed by atoms with Gasteiger partial charge in [0.15, 0.2) is 0 Å². The molecule has 0 aliphatic carbocycles. The highest BCUT2D eigenvalue weighted by Gasteiger charge is 2.25. The van der Waals surface area contributed by atoms with Crippen LogP contribution in [0.5, 0.6) is 5.75 Å². The molecule has 0 bridgehead atoms. The average molecular weight is 250 g/mol. The molecule has 1 saturated heterocycles. The Morgan fingerprint density at radius 1 is 1.44 bits per heavy atom. The summed E-state index contributed by atoms with van der Waals surface area (Å²) in [6, 6.07) is 4.21. The largest absolute Gasteiger partial charge is 0.496 e. The van der Waals surface area contributed by atoms with E-state index in [-0.39, 0.29) is 12.1 Å². The number of morpholine rings is 1. The van der Waals surface area contributed by atoms with Crippen molar-refractivity contribution in [3.05, 3.63) is 28.8 Å². The molecule has 100 valence electrons. The van der Waals surface area contributed by atoms with Crippen LogP contribution in [0.15, 0.2) is 12.1 Å². The maximum absolute atomic E-state index is 6.37. The van der Waals surface area contributed by atoms with Gasteiger partial charge in [0, 0.05) is 18.2 Å². The zero-order chi connectivity index (χ0) is 13.1. The third-order valence-electron chi connectivity index (χ3n) is 3.43. The molecule has 0 aromatic heterocycles. The van der Waals surface area contributed by atoms with Crippen molar-refractivity contribution in [1.29, 1.82) is 0 Å². The fourth-order valence-electron chi connectivity index (χ4n) is 2.55. The second-order valence-corrected chi connectivity index (χ2v) is 4.86. The molecule has 4 nitrogen and oxygen atoms in total. The Morgan fingerprint density at radius 3 is 2.83 bits per heavy atom. The van der Waals surface area contributed by atoms with Gasteiger partial charge < -0.3 is 20.5 Å². The summed E-state index contributed by atoms with van der Waals surface area (Å²) in [4.78, 5) is 0. The zero-order valence-electron chi connectivity index (χ0n) is 11.3. The number of nitrogens with two attached hydrogens (primary N) is 1. The first-order valence-corrected chi connectivity index (χ1v) is 6.35.